The number of carbonyl (C=O) groups is 1. The van der Waals surface area contributed by atoms with Gasteiger partial charge < -0.3 is 14.8 Å². The Hall–Kier alpha value is -1.80. The number of amides is 1. The van der Waals surface area contributed by atoms with Gasteiger partial charge in [0.2, 0.25) is 16.8 Å². The van der Waals surface area contributed by atoms with Crippen molar-refractivity contribution in [3.05, 3.63) is 23.8 Å². The summed E-state index contributed by atoms with van der Waals surface area (Å²) in [6.07, 6.45) is 0. The van der Waals surface area contributed by atoms with Crippen LogP contribution in [0.2, 0.25) is 0 Å². The van der Waals surface area contributed by atoms with E-state index in [-0.39, 0.29) is 25.0 Å². The van der Waals surface area contributed by atoms with E-state index >= 15 is 0 Å². The Morgan fingerprint density at radius 3 is 2.79 bits per heavy atom. The molecule has 0 atom stereocenters. The van der Waals surface area contributed by atoms with E-state index in [9.17, 15) is 13.2 Å². The monoisotopic (exact) mass is 286 g/mol. The van der Waals surface area contributed by atoms with E-state index in [1.54, 1.807) is 18.2 Å². The highest BCUT2D eigenvalue weighted by Crippen LogP contribution is 2.32. The molecule has 1 aromatic rings. The molecule has 0 saturated carbocycles. The lowest BCUT2D eigenvalue weighted by atomic mass is 10.2. The minimum Gasteiger partial charge on any atom is -0.454 e. The standard InChI is InChI=1S/C11H14N2O5S/c1-12-19(15,16)5-4-13-11(14)8-2-3-9-10(6-8)18-7-17-9/h2-3,6,12H,4-5,7H2,1H3,(H,13,14). The second-order valence-electron chi connectivity index (χ2n) is 3.85. The van der Waals surface area contributed by atoms with Gasteiger partial charge in [-0.3, -0.25) is 4.79 Å². The maximum Gasteiger partial charge on any atom is 0.251 e. The molecule has 0 radical (unpaired) electrons. The van der Waals surface area contributed by atoms with E-state index < -0.39 is 10.0 Å². The molecule has 1 amide bonds. The van der Waals surface area contributed by atoms with Crippen LogP contribution in [0.5, 0.6) is 11.5 Å². The first-order valence-corrected chi connectivity index (χ1v) is 7.26. The summed E-state index contributed by atoms with van der Waals surface area (Å²) in [4.78, 5) is 11.8. The zero-order valence-electron chi connectivity index (χ0n) is 10.3. The predicted octanol–water partition coefficient (Wildman–Crippen LogP) is -0.306. The maximum atomic E-state index is 11.8. The van der Waals surface area contributed by atoms with E-state index in [4.69, 9.17) is 9.47 Å². The summed E-state index contributed by atoms with van der Waals surface area (Å²) in [5, 5.41) is 2.53. The average molecular weight is 286 g/mol. The Morgan fingerprint density at radius 2 is 2.05 bits per heavy atom. The summed E-state index contributed by atoms with van der Waals surface area (Å²) in [5.41, 5.74) is 0.395. The van der Waals surface area contributed by atoms with Crippen LogP contribution in [0.3, 0.4) is 0 Å². The lowest BCUT2D eigenvalue weighted by molar-refractivity contribution is 0.0955. The van der Waals surface area contributed by atoms with Gasteiger partial charge in [0, 0.05) is 12.1 Å². The predicted molar refractivity (Wildman–Crippen MR) is 67.7 cm³/mol. The van der Waals surface area contributed by atoms with Crippen LogP contribution in [0.1, 0.15) is 10.4 Å². The molecule has 1 heterocycles. The molecular weight excluding hydrogens is 272 g/mol. The molecule has 0 aromatic heterocycles. The molecule has 1 aliphatic heterocycles. The van der Waals surface area contributed by atoms with Gasteiger partial charge in [0.15, 0.2) is 11.5 Å². The fourth-order valence-corrected chi connectivity index (χ4v) is 2.12. The number of fused-ring (bicyclic) bond motifs is 1. The number of rotatable bonds is 5. The molecule has 0 unspecified atom stereocenters. The molecule has 1 aromatic carbocycles. The Labute approximate surface area is 110 Å². The smallest absolute Gasteiger partial charge is 0.251 e. The Bertz CT molecular complexity index is 585. The molecule has 2 rings (SSSR count). The number of nitrogens with one attached hydrogen (secondary N) is 2. The molecule has 104 valence electrons. The maximum absolute atomic E-state index is 11.8. The van der Waals surface area contributed by atoms with Crippen LogP contribution in [-0.2, 0) is 10.0 Å². The van der Waals surface area contributed by atoms with Gasteiger partial charge in [-0.05, 0) is 25.2 Å². The fourth-order valence-electron chi connectivity index (χ4n) is 1.54. The highest BCUT2D eigenvalue weighted by atomic mass is 32.2. The molecule has 2 N–H and O–H groups in total. The van der Waals surface area contributed by atoms with Crippen LogP contribution in [0.15, 0.2) is 18.2 Å². The zero-order chi connectivity index (χ0) is 13.9. The first kappa shape index (κ1) is 13.6. The third kappa shape index (κ3) is 3.36. The molecule has 7 nitrogen and oxygen atoms in total. The molecule has 0 aliphatic carbocycles. The lowest BCUT2D eigenvalue weighted by Gasteiger charge is -2.06. The van der Waals surface area contributed by atoms with Crippen LogP contribution in [0, 0.1) is 0 Å². The van der Waals surface area contributed by atoms with Gasteiger partial charge in [-0.15, -0.1) is 0 Å². The molecule has 0 saturated heterocycles. The molecule has 8 heteroatoms. The van der Waals surface area contributed by atoms with Crippen molar-refractivity contribution in [2.45, 2.75) is 0 Å². The number of hydrogen-bond acceptors (Lipinski definition) is 5. The fraction of sp³-hybridized carbons (Fsp3) is 0.364. The highest BCUT2D eigenvalue weighted by molar-refractivity contribution is 7.89. The van der Waals surface area contributed by atoms with Gasteiger partial charge in [0.25, 0.3) is 5.91 Å². The first-order chi connectivity index (χ1) is 9.02. The second-order valence-corrected chi connectivity index (χ2v) is 5.89. The topological polar surface area (TPSA) is 93.7 Å². The number of ether oxygens (including phenoxy) is 2. The van der Waals surface area contributed by atoms with Crippen LogP contribution in [0.4, 0.5) is 0 Å². The van der Waals surface area contributed by atoms with Crippen molar-refractivity contribution in [3.63, 3.8) is 0 Å². The van der Waals surface area contributed by atoms with E-state index in [2.05, 4.69) is 10.0 Å². The zero-order valence-corrected chi connectivity index (χ0v) is 11.1. The lowest BCUT2D eigenvalue weighted by Crippen LogP contribution is -2.32. The van der Waals surface area contributed by atoms with Crippen LogP contribution < -0.4 is 19.5 Å². The molecule has 19 heavy (non-hydrogen) atoms. The number of carbonyl (C=O) groups excluding carboxylic acids is 1. The number of benzene rings is 1. The van der Waals surface area contributed by atoms with Crippen molar-refractivity contribution in [3.8, 4) is 11.5 Å². The van der Waals surface area contributed by atoms with Crippen molar-refractivity contribution >= 4 is 15.9 Å². The van der Waals surface area contributed by atoms with E-state index in [1.165, 1.54) is 7.05 Å². The van der Waals surface area contributed by atoms with Crippen LogP contribution in [0.25, 0.3) is 0 Å². The van der Waals surface area contributed by atoms with Gasteiger partial charge in [-0.1, -0.05) is 0 Å². The van der Waals surface area contributed by atoms with Gasteiger partial charge in [0.05, 0.1) is 5.75 Å². The third-order valence-electron chi connectivity index (χ3n) is 2.60. The molecule has 1 aliphatic rings. The van der Waals surface area contributed by atoms with Crippen molar-refractivity contribution in [1.82, 2.24) is 10.0 Å². The quantitative estimate of drug-likeness (QED) is 0.774. The second kappa shape index (κ2) is 5.45. The Kier molecular flexibility index (Phi) is 3.91. The normalized spacial score (nSPS) is 13.3. The van der Waals surface area contributed by atoms with E-state index in [1.807, 2.05) is 0 Å². The van der Waals surface area contributed by atoms with Gasteiger partial charge in [-0.2, -0.15) is 0 Å². The third-order valence-corrected chi connectivity index (χ3v) is 3.97. The van der Waals surface area contributed by atoms with Gasteiger partial charge in [-0.25, -0.2) is 13.1 Å². The average Bonchev–Trinajstić information content (AvgIpc) is 2.85. The van der Waals surface area contributed by atoms with Gasteiger partial charge in [0.1, 0.15) is 0 Å². The summed E-state index contributed by atoms with van der Waals surface area (Å²) < 4.78 is 34.8. The summed E-state index contributed by atoms with van der Waals surface area (Å²) in [6.45, 7) is 0.178. The molecule has 0 bridgehead atoms. The van der Waals surface area contributed by atoms with Crippen LogP contribution in [-0.4, -0.2) is 40.5 Å². The van der Waals surface area contributed by atoms with Crippen molar-refractivity contribution in [2.75, 3.05) is 26.1 Å². The van der Waals surface area contributed by atoms with Crippen LogP contribution >= 0.6 is 0 Å². The SMILES string of the molecule is CNS(=O)(=O)CCNC(=O)c1ccc2c(c1)OCO2. The van der Waals surface area contributed by atoms with E-state index in [0.29, 0.717) is 17.1 Å². The molecular formula is C11H14N2O5S. The molecule has 0 spiro atoms. The summed E-state index contributed by atoms with van der Waals surface area (Å²) in [7, 11) is -1.99. The summed E-state index contributed by atoms with van der Waals surface area (Å²) >= 11 is 0. The minimum absolute atomic E-state index is 0.0381. The first-order valence-electron chi connectivity index (χ1n) is 5.61. The number of hydrogen-bond donors (Lipinski definition) is 2. The Balaban J connectivity index is 1.94. The minimum atomic E-state index is -3.32. The number of sulfonamides is 1. The molecule has 0 fully saturated rings. The van der Waals surface area contributed by atoms with Crippen molar-refractivity contribution in [1.29, 1.82) is 0 Å². The Morgan fingerprint density at radius 1 is 1.32 bits per heavy atom. The summed E-state index contributed by atoms with van der Waals surface area (Å²) in [5.74, 6) is 0.578. The van der Waals surface area contributed by atoms with Crippen molar-refractivity contribution < 1.29 is 22.7 Å². The van der Waals surface area contributed by atoms with Gasteiger partial charge >= 0.3 is 0 Å². The highest BCUT2D eigenvalue weighted by Gasteiger charge is 2.16. The summed E-state index contributed by atoms with van der Waals surface area (Å²) in [6, 6.07) is 4.79. The van der Waals surface area contributed by atoms with E-state index in [0.717, 1.165) is 0 Å². The van der Waals surface area contributed by atoms with Crippen molar-refractivity contribution in [2.24, 2.45) is 0 Å². The largest absolute Gasteiger partial charge is 0.454 e.